The molecule has 3 heterocycles. The van der Waals surface area contributed by atoms with Crippen molar-refractivity contribution in [1.82, 2.24) is 36.4 Å². The van der Waals surface area contributed by atoms with Crippen molar-refractivity contribution in [3.8, 4) is 0 Å². The fraction of sp³-hybridized carbons (Fsp3) is 0.368. The molecular weight excluding hydrogens is 634 g/mol. The van der Waals surface area contributed by atoms with E-state index in [1.807, 2.05) is 68.4 Å². The number of aromatic nitrogens is 2. The first-order valence-electron chi connectivity index (χ1n) is 17.1. The summed E-state index contributed by atoms with van der Waals surface area (Å²) in [6, 6.07) is 20.9. The van der Waals surface area contributed by atoms with Gasteiger partial charge in [0.1, 0.15) is 18.1 Å². The number of nitrogens with zero attached hydrogens (tertiary/aromatic N) is 2. The highest BCUT2D eigenvalue weighted by Crippen LogP contribution is 2.19. The summed E-state index contributed by atoms with van der Waals surface area (Å²) in [6.45, 7) is 6.49. The molecule has 0 fully saturated rings. The van der Waals surface area contributed by atoms with Crippen LogP contribution in [0.5, 0.6) is 0 Å². The van der Waals surface area contributed by atoms with Crippen LogP contribution in [0.2, 0.25) is 0 Å². The van der Waals surface area contributed by atoms with Crippen LogP contribution in [-0.4, -0.2) is 75.8 Å². The minimum absolute atomic E-state index is 0.0588. The van der Waals surface area contributed by atoms with Gasteiger partial charge in [0.25, 0.3) is 11.8 Å². The number of carbonyl (C=O) groups is 5. The Kier molecular flexibility index (Phi) is 12.0. The van der Waals surface area contributed by atoms with Crippen LogP contribution in [0, 0.1) is 5.92 Å². The molecule has 4 aromatic rings. The van der Waals surface area contributed by atoms with Crippen LogP contribution in [-0.2, 0) is 27.3 Å². The van der Waals surface area contributed by atoms with Crippen LogP contribution in [0.1, 0.15) is 72.0 Å². The summed E-state index contributed by atoms with van der Waals surface area (Å²) < 4.78 is 0. The first-order chi connectivity index (χ1) is 24.1. The first-order valence-corrected chi connectivity index (χ1v) is 17.1. The zero-order chi connectivity index (χ0) is 35.6. The zero-order valence-electron chi connectivity index (χ0n) is 28.7. The Morgan fingerprint density at radius 3 is 2.26 bits per heavy atom. The topological polar surface area (TPSA) is 165 Å². The lowest BCUT2D eigenvalue weighted by atomic mass is 10.0. The molecule has 3 atom stereocenters. The Hall–Kier alpha value is -5.52. The molecule has 0 saturated carbocycles. The Morgan fingerprint density at radius 2 is 1.52 bits per heavy atom. The quantitative estimate of drug-likeness (QED) is 0.203. The van der Waals surface area contributed by atoms with Crippen LogP contribution < -0.4 is 21.3 Å². The van der Waals surface area contributed by atoms with Crippen molar-refractivity contribution in [2.45, 2.75) is 71.1 Å². The van der Waals surface area contributed by atoms with Gasteiger partial charge in [-0.3, -0.25) is 29.1 Å². The van der Waals surface area contributed by atoms with E-state index >= 15 is 0 Å². The van der Waals surface area contributed by atoms with Crippen molar-refractivity contribution in [1.29, 1.82) is 0 Å². The number of amides is 5. The number of rotatable bonds is 5. The maximum absolute atomic E-state index is 13.8. The highest BCUT2D eigenvalue weighted by Gasteiger charge is 2.30. The van der Waals surface area contributed by atoms with Gasteiger partial charge in [-0.25, -0.2) is 0 Å². The average Bonchev–Trinajstić information content (AvgIpc) is 3.54. The molecule has 262 valence electrons. The van der Waals surface area contributed by atoms with Crippen LogP contribution in [0.25, 0.3) is 10.9 Å². The Morgan fingerprint density at radius 1 is 0.820 bits per heavy atom. The van der Waals surface area contributed by atoms with Crippen molar-refractivity contribution in [2.75, 3.05) is 13.1 Å². The summed E-state index contributed by atoms with van der Waals surface area (Å²) in [6.07, 6.45) is 1.72. The molecule has 6 rings (SSSR count). The van der Waals surface area contributed by atoms with Gasteiger partial charge in [-0.15, -0.1) is 0 Å². The second-order valence-electron chi connectivity index (χ2n) is 13.2. The molecule has 12 heteroatoms. The second-order valence-corrected chi connectivity index (χ2v) is 13.2. The third kappa shape index (κ3) is 9.34. The van der Waals surface area contributed by atoms with E-state index in [0.29, 0.717) is 43.6 Å². The Bertz CT molecular complexity index is 1810. The number of hydrogen-bond acceptors (Lipinski definition) is 6. The highest BCUT2D eigenvalue weighted by atomic mass is 16.2. The van der Waals surface area contributed by atoms with E-state index in [4.69, 9.17) is 0 Å². The van der Waals surface area contributed by atoms with E-state index in [1.165, 1.54) is 0 Å². The normalized spacial score (nSPS) is 20.1. The maximum atomic E-state index is 13.8. The molecule has 12 nitrogen and oxygen atoms in total. The summed E-state index contributed by atoms with van der Waals surface area (Å²) in [5.74, 6) is -1.99. The van der Waals surface area contributed by atoms with Crippen molar-refractivity contribution < 1.29 is 24.0 Å². The van der Waals surface area contributed by atoms with Crippen LogP contribution >= 0.6 is 0 Å². The predicted molar refractivity (Wildman–Crippen MR) is 190 cm³/mol. The van der Waals surface area contributed by atoms with Gasteiger partial charge < -0.3 is 26.2 Å². The molecule has 0 aliphatic carbocycles. The van der Waals surface area contributed by atoms with E-state index in [9.17, 15) is 24.0 Å². The zero-order valence-corrected chi connectivity index (χ0v) is 28.7. The van der Waals surface area contributed by atoms with Gasteiger partial charge in [-0.2, -0.15) is 5.10 Å². The van der Waals surface area contributed by atoms with Gasteiger partial charge in [0.15, 0.2) is 5.69 Å². The number of benzene rings is 3. The highest BCUT2D eigenvalue weighted by molar-refractivity contribution is 6.04. The van der Waals surface area contributed by atoms with Crippen LogP contribution in [0.3, 0.4) is 0 Å². The van der Waals surface area contributed by atoms with E-state index in [-0.39, 0.29) is 30.7 Å². The molecule has 0 radical (unpaired) electrons. The number of nitrogens with one attached hydrogen (secondary N) is 5. The molecule has 0 saturated heterocycles. The van der Waals surface area contributed by atoms with Crippen molar-refractivity contribution >= 4 is 40.4 Å². The Balaban J connectivity index is 1.42. The van der Waals surface area contributed by atoms with Gasteiger partial charge in [-0.1, -0.05) is 74.5 Å². The minimum atomic E-state index is -0.987. The molecule has 5 amide bonds. The van der Waals surface area contributed by atoms with Crippen LogP contribution in [0.15, 0.2) is 78.9 Å². The molecule has 3 aromatic carbocycles. The summed E-state index contributed by atoms with van der Waals surface area (Å²) in [7, 11) is 0. The number of para-hydroxylation sites is 1. The monoisotopic (exact) mass is 679 g/mol. The summed E-state index contributed by atoms with van der Waals surface area (Å²) in [4.78, 5) is 69.2. The molecule has 1 aromatic heterocycles. The Labute approximate surface area is 291 Å². The largest absolute Gasteiger partial charge is 0.354 e. The number of H-pyrrole nitrogens is 1. The van der Waals surface area contributed by atoms with Gasteiger partial charge in [0, 0.05) is 37.0 Å². The maximum Gasteiger partial charge on any atom is 0.275 e. The number of carbonyl (C=O) groups excluding carboxylic acids is 5. The average molecular weight is 680 g/mol. The lowest BCUT2D eigenvalue weighted by Gasteiger charge is -2.25. The fourth-order valence-corrected chi connectivity index (χ4v) is 5.96. The van der Waals surface area contributed by atoms with E-state index in [0.717, 1.165) is 22.0 Å². The van der Waals surface area contributed by atoms with Crippen LogP contribution in [0.4, 0.5) is 0 Å². The number of aromatic amines is 1. The van der Waals surface area contributed by atoms with E-state index in [2.05, 4.69) is 31.5 Å². The molecular formula is C38H45N7O5. The smallest absolute Gasteiger partial charge is 0.275 e. The number of hydrogen-bond donors (Lipinski definition) is 5. The molecule has 2 bridgehead atoms. The predicted octanol–water partition coefficient (Wildman–Crippen LogP) is 3.49. The molecule has 5 N–H and O–H groups in total. The summed E-state index contributed by atoms with van der Waals surface area (Å²) >= 11 is 0. The summed E-state index contributed by atoms with van der Waals surface area (Å²) in [5, 5.41) is 19.3. The van der Waals surface area contributed by atoms with Crippen molar-refractivity contribution in [2.24, 2.45) is 5.92 Å². The summed E-state index contributed by atoms with van der Waals surface area (Å²) in [5.41, 5.74) is 3.06. The standard InChI is InChI=1S/C38H45N7O5/c1-24(2)21-31-36(48)40-25(3)34(46)39-19-9-10-20-45(38(50)33-29-13-7-8-14-30(29)43-44-33)23-27-15-17-28(18-16-27)35(47)41-32(37(49)42-31)22-26-11-5-4-6-12-26/h4-8,11-18,24-25,31-32H,9-10,19-23H2,1-3H3,(H,39,46)(H,40,48)(H,41,47)(H,42,49)(H,43,44)/t25-,31+,32-/m1/s1. The van der Waals surface area contributed by atoms with Crippen molar-refractivity contribution in [3.05, 3.63) is 101 Å². The van der Waals surface area contributed by atoms with Gasteiger partial charge in [0.2, 0.25) is 17.7 Å². The molecule has 0 unspecified atom stereocenters. The lowest BCUT2D eigenvalue weighted by molar-refractivity contribution is -0.132. The molecule has 2 aliphatic rings. The van der Waals surface area contributed by atoms with Gasteiger partial charge >= 0.3 is 0 Å². The van der Waals surface area contributed by atoms with Gasteiger partial charge in [0.05, 0.1) is 5.52 Å². The van der Waals surface area contributed by atoms with Gasteiger partial charge in [-0.05, 0) is 61.4 Å². The minimum Gasteiger partial charge on any atom is -0.354 e. The lowest BCUT2D eigenvalue weighted by Crippen LogP contribution is -2.57. The third-order valence-electron chi connectivity index (χ3n) is 8.70. The molecule has 0 spiro atoms. The first kappa shape index (κ1) is 35.8. The van der Waals surface area contributed by atoms with Crippen molar-refractivity contribution in [3.63, 3.8) is 0 Å². The molecule has 2 aliphatic heterocycles. The second kappa shape index (κ2) is 16.7. The van der Waals surface area contributed by atoms with E-state index in [1.54, 1.807) is 36.1 Å². The fourth-order valence-electron chi connectivity index (χ4n) is 5.96. The van der Waals surface area contributed by atoms with E-state index < -0.39 is 35.8 Å². The number of fused-ring (bicyclic) bond motifs is 19. The third-order valence-corrected chi connectivity index (χ3v) is 8.70. The SMILES string of the molecule is CC(C)C[C@@H]1NC(=O)[C@@H](Cc2ccccc2)NC(=O)c2ccc(cc2)CN(C(=O)c2n[nH]c3ccccc23)CCCCNC(=O)[C@@H](C)NC1=O. The molecule has 50 heavy (non-hydrogen) atoms.